The van der Waals surface area contributed by atoms with Crippen LogP contribution in [-0.2, 0) is 24.4 Å². The summed E-state index contributed by atoms with van der Waals surface area (Å²) in [4.78, 5) is 4.30. The monoisotopic (exact) mass is 351 g/mol. The number of rotatable bonds is 6. The molecule has 0 aliphatic carbocycles. The standard InChI is InChI=1S/C21H25N3O2/c1-15-18-10-6-7-11-19(18)26-20(15)13-24-21(22-2)23-12-16-8-4-5-9-17(16)14-25-3/h4-11H,12-14H2,1-3H3,(H2,22,23,24). The highest BCUT2D eigenvalue weighted by Crippen LogP contribution is 2.24. The summed E-state index contributed by atoms with van der Waals surface area (Å²) >= 11 is 0. The van der Waals surface area contributed by atoms with Gasteiger partial charge in [0.2, 0.25) is 0 Å². The van der Waals surface area contributed by atoms with E-state index in [2.05, 4.69) is 40.7 Å². The average molecular weight is 351 g/mol. The van der Waals surface area contributed by atoms with Crippen molar-refractivity contribution in [3.63, 3.8) is 0 Å². The number of hydrogen-bond donors (Lipinski definition) is 2. The lowest BCUT2D eigenvalue weighted by atomic mass is 10.1. The van der Waals surface area contributed by atoms with Crippen molar-refractivity contribution in [1.29, 1.82) is 0 Å². The highest BCUT2D eigenvalue weighted by Gasteiger charge is 2.10. The molecular formula is C21H25N3O2. The van der Waals surface area contributed by atoms with Crippen molar-refractivity contribution in [3.8, 4) is 0 Å². The summed E-state index contributed by atoms with van der Waals surface area (Å²) in [5.41, 5.74) is 4.44. The summed E-state index contributed by atoms with van der Waals surface area (Å²) in [5, 5.41) is 7.83. The van der Waals surface area contributed by atoms with E-state index in [-0.39, 0.29) is 0 Å². The van der Waals surface area contributed by atoms with Crippen LogP contribution in [0.2, 0.25) is 0 Å². The van der Waals surface area contributed by atoms with E-state index in [1.807, 2.05) is 30.3 Å². The zero-order chi connectivity index (χ0) is 18.4. The maximum atomic E-state index is 5.95. The largest absolute Gasteiger partial charge is 0.459 e. The van der Waals surface area contributed by atoms with Crippen molar-refractivity contribution in [2.75, 3.05) is 14.2 Å². The van der Waals surface area contributed by atoms with Crippen molar-refractivity contribution in [3.05, 3.63) is 71.0 Å². The lowest BCUT2D eigenvalue weighted by Crippen LogP contribution is -2.36. The molecule has 2 aromatic carbocycles. The van der Waals surface area contributed by atoms with Crippen LogP contribution in [0.4, 0.5) is 0 Å². The Kier molecular flexibility index (Phi) is 5.92. The maximum absolute atomic E-state index is 5.95. The fourth-order valence-electron chi connectivity index (χ4n) is 2.98. The number of guanidine groups is 1. The lowest BCUT2D eigenvalue weighted by Gasteiger charge is -2.13. The van der Waals surface area contributed by atoms with Gasteiger partial charge in [-0.1, -0.05) is 42.5 Å². The quantitative estimate of drug-likeness (QED) is 0.524. The average Bonchev–Trinajstić information content (AvgIpc) is 2.99. The van der Waals surface area contributed by atoms with Gasteiger partial charge >= 0.3 is 0 Å². The van der Waals surface area contributed by atoms with E-state index in [4.69, 9.17) is 9.15 Å². The molecule has 3 aromatic rings. The zero-order valence-electron chi connectivity index (χ0n) is 15.5. The van der Waals surface area contributed by atoms with Crippen molar-refractivity contribution >= 4 is 16.9 Å². The number of nitrogens with one attached hydrogen (secondary N) is 2. The second-order valence-corrected chi connectivity index (χ2v) is 6.13. The molecular weight excluding hydrogens is 326 g/mol. The first-order valence-electron chi connectivity index (χ1n) is 8.70. The first-order chi connectivity index (χ1) is 12.7. The third-order valence-electron chi connectivity index (χ3n) is 4.45. The SMILES string of the molecule is CN=C(NCc1ccccc1COC)NCc1oc2ccccc2c1C. The van der Waals surface area contributed by atoms with Gasteiger partial charge in [0, 0.05) is 31.7 Å². The number of nitrogens with zero attached hydrogens (tertiary/aromatic N) is 1. The van der Waals surface area contributed by atoms with E-state index in [1.54, 1.807) is 14.2 Å². The number of methoxy groups -OCH3 is 1. The van der Waals surface area contributed by atoms with Crippen LogP contribution >= 0.6 is 0 Å². The number of furan rings is 1. The minimum Gasteiger partial charge on any atom is -0.459 e. The molecule has 0 saturated heterocycles. The first-order valence-corrected chi connectivity index (χ1v) is 8.70. The number of ether oxygens (including phenoxy) is 1. The van der Waals surface area contributed by atoms with E-state index in [1.165, 1.54) is 11.1 Å². The summed E-state index contributed by atoms with van der Waals surface area (Å²) in [7, 11) is 3.47. The zero-order valence-corrected chi connectivity index (χ0v) is 15.5. The predicted molar refractivity (Wildman–Crippen MR) is 105 cm³/mol. The van der Waals surface area contributed by atoms with Gasteiger partial charge in [-0.25, -0.2) is 0 Å². The molecule has 0 unspecified atom stereocenters. The second kappa shape index (κ2) is 8.54. The van der Waals surface area contributed by atoms with E-state index in [0.29, 0.717) is 19.7 Å². The summed E-state index contributed by atoms with van der Waals surface area (Å²) in [5.74, 6) is 1.66. The van der Waals surface area contributed by atoms with Crippen LogP contribution in [0.1, 0.15) is 22.5 Å². The number of para-hydroxylation sites is 1. The van der Waals surface area contributed by atoms with Crippen LogP contribution in [0.5, 0.6) is 0 Å². The van der Waals surface area contributed by atoms with Crippen LogP contribution < -0.4 is 10.6 Å². The van der Waals surface area contributed by atoms with Gasteiger partial charge in [0.25, 0.3) is 0 Å². The van der Waals surface area contributed by atoms with E-state index in [9.17, 15) is 0 Å². The minimum absolute atomic E-state index is 0.583. The molecule has 136 valence electrons. The van der Waals surface area contributed by atoms with Gasteiger partial charge in [0.15, 0.2) is 5.96 Å². The molecule has 0 saturated carbocycles. The summed E-state index contributed by atoms with van der Waals surface area (Å²) in [6.07, 6.45) is 0. The molecule has 0 amide bonds. The Bertz CT molecular complexity index is 899. The van der Waals surface area contributed by atoms with E-state index < -0.39 is 0 Å². The molecule has 0 spiro atoms. The third kappa shape index (κ3) is 4.06. The Morgan fingerprint density at radius 2 is 1.69 bits per heavy atom. The fraction of sp³-hybridized carbons (Fsp3) is 0.286. The third-order valence-corrected chi connectivity index (χ3v) is 4.45. The number of benzene rings is 2. The number of aryl methyl sites for hydroxylation is 1. The van der Waals surface area contributed by atoms with Gasteiger partial charge in [-0.3, -0.25) is 4.99 Å². The van der Waals surface area contributed by atoms with Gasteiger partial charge in [-0.2, -0.15) is 0 Å². The summed E-state index contributed by atoms with van der Waals surface area (Å²) < 4.78 is 11.2. The molecule has 1 aromatic heterocycles. The minimum atomic E-state index is 0.583. The molecule has 1 heterocycles. The Morgan fingerprint density at radius 3 is 2.42 bits per heavy atom. The molecule has 2 N–H and O–H groups in total. The normalized spacial score (nSPS) is 11.7. The molecule has 0 aliphatic heterocycles. The number of hydrogen-bond acceptors (Lipinski definition) is 3. The predicted octanol–water partition coefficient (Wildman–Crippen LogP) is 3.75. The van der Waals surface area contributed by atoms with Gasteiger partial charge in [0.1, 0.15) is 11.3 Å². The van der Waals surface area contributed by atoms with Crippen molar-refractivity contribution < 1.29 is 9.15 Å². The second-order valence-electron chi connectivity index (χ2n) is 6.13. The molecule has 3 rings (SSSR count). The summed E-state index contributed by atoms with van der Waals surface area (Å²) in [6, 6.07) is 16.3. The fourth-order valence-corrected chi connectivity index (χ4v) is 2.98. The van der Waals surface area contributed by atoms with Crippen molar-refractivity contribution in [2.45, 2.75) is 26.6 Å². The molecule has 5 nitrogen and oxygen atoms in total. The van der Waals surface area contributed by atoms with Crippen LogP contribution in [0, 0.1) is 6.92 Å². The van der Waals surface area contributed by atoms with Crippen LogP contribution in [0.3, 0.4) is 0 Å². The first kappa shape index (κ1) is 18.0. The lowest BCUT2D eigenvalue weighted by molar-refractivity contribution is 0.184. The summed E-state index contributed by atoms with van der Waals surface area (Å²) in [6.45, 7) is 3.94. The van der Waals surface area contributed by atoms with Gasteiger partial charge < -0.3 is 19.8 Å². The van der Waals surface area contributed by atoms with E-state index in [0.717, 1.165) is 28.3 Å². The number of aliphatic imine (C=N–C) groups is 1. The molecule has 0 atom stereocenters. The Morgan fingerprint density at radius 1 is 1.00 bits per heavy atom. The van der Waals surface area contributed by atoms with Crippen LogP contribution in [0.25, 0.3) is 11.0 Å². The number of fused-ring (bicyclic) bond motifs is 1. The van der Waals surface area contributed by atoms with E-state index >= 15 is 0 Å². The highest BCUT2D eigenvalue weighted by atomic mass is 16.5. The van der Waals surface area contributed by atoms with Gasteiger partial charge in [-0.05, 0) is 24.1 Å². The molecule has 5 heteroatoms. The molecule has 0 bridgehead atoms. The molecule has 0 fully saturated rings. The van der Waals surface area contributed by atoms with Gasteiger partial charge in [-0.15, -0.1) is 0 Å². The maximum Gasteiger partial charge on any atom is 0.191 e. The van der Waals surface area contributed by atoms with Crippen molar-refractivity contribution in [1.82, 2.24) is 10.6 Å². The van der Waals surface area contributed by atoms with Crippen LogP contribution in [0.15, 0.2) is 57.9 Å². The highest BCUT2D eigenvalue weighted by molar-refractivity contribution is 5.82. The molecule has 0 aliphatic rings. The van der Waals surface area contributed by atoms with Gasteiger partial charge in [0.05, 0.1) is 13.2 Å². The topological polar surface area (TPSA) is 58.8 Å². The van der Waals surface area contributed by atoms with Crippen molar-refractivity contribution in [2.24, 2.45) is 4.99 Å². The Labute approximate surface area is 154 Å². The van der Waals surface area contributed by atoms with Crippen LogP contribution in [-0.4, -0.2) is 20.1 Å². The molecule has 26 heavy (non-hydrogen) atoms. The Hall–Kier alpha value is -2.79. The molecule has 0 radical (unpaired) electrons. The Balaban J connectivity index is 1.62. The smallest absolute Gasteiger partial charge is 0.191 e.